The van der Waals surface area contributed by atoms with Crippen molar-refractivity contribution in [3.05, 3.63) is 78.5 Å². The Balaban J connectivity index is 1.64. The molecule has 2 aromatic heterocycles. The van der Waals surface area contributed by atoms with Crippen LogP contribution in [-0.2, 0) is 7.05 Å². The molecule has 6 N–H and O–H groups in total. The van der Waals surface area contributed by atoms with Crippen LogP contribution in [0.2, 0.25) is 0 Å². The van der Waals surface area contributed by atoms with Crippen LogP contribution in [0.1, 0.15) is 10.4 Å². The Hall–Kier alpha value is -5.26. The molecule has 0 radical (unpaired) electrons. The van der Waals surface area contributed by atoms with E-state index in [-0.39, 0.29) is 17.3 Å². The highest BCUT2D eigenvalue weighted by molar-refractivity contribution is 5.98. The summed E-state index contributed by atoms with van der Waals surface area (Å²) in [7, 11) is 3.29. The largest absolute Gasteiger partial charge is 0.494 e. The van der Waals surface area contributed by atoms with Crippen LogP contribution in [0.4, 0.5) is 23.1 Å². The monoisotopic (exact) mass is 484 g/mol. The number of allylic oxidation sites excluding steroid dienone is 1. The molecule has 2 heterocycles. The molecular weight excluding hydrogens is 460 g/mol. The predicted molar refractivity (Wildman–Crippen MR) is 137 cm³/mol. The Kier molecular flexibility index (Phi) is 7.15. The first kappa shape index (κ1) is 23.9. The number of anilines is 4. The third-order valence-corrected chi connectivity index (χ3v) is 4.95. The third kappa shape index (κ3) is 5.44. The number of hydrogen-bond acceptors (Lipinski definition) is 10. The number of rotatable bonds is 10. The lowest BCUT2D eigenvalue weighted by molar-refractivity contribution is 0.100. The Morgan fingerprint density at radius 1 is 1.14 bits per heavy atom. The molecule has 0 saturated heterocycles. The number of benzene rings is 2. The minimum absolute atomic E-state index is 0.0757. The fourth-order valence-electron chi connectivity index (χ4n) is 3.28. The van der Waals surface area contributed by atoms with Gasteiger partial charge in [0, 0.05) is 31.3 Å². The van der Waals surface area contributed by atoms with Gasteiger partial charge in [0.1, 0.15) is 17.7 Å². The zero-order valence-electron chi connectivity index (χ0n) is 19.6. The Bertz CT molecular complexity index is 1420. The SMILES string of the molecule is COc1c(Nc2nc(N/C(C=N)=C/Nc3ccccc3)ncc2C(N)=O)cccc1-c1ncn(C)n1. The number of methoxy groups -OCH3 is 1. The van der Waals surface area contributed by atoms with Crippen LogP contribution in [0.3, 0.4) is 0 Å². The summed E-state index contributed by atoms with van der Waals surface area (Å²) in [5.41, 5.74) is 8.04. The molecule has 4 aromatic rings. The molecule has 0 unspecified atom stereocenters. The van der Waals surface area contributed by atoms with Gasteiger partial charge in [0.05, 0.1) is 24.1 Å². The van der Waals surface area contributed by atoms with Crippen LogP contribution in [0.15, 0.2) is 73.0 Å². The molecule has 0 spiro atoms. The van der Waals surface area contributed by atoms with E-state index >= 15 is 0 Å². The maximum atomic E-state index is 12.1. The van der Waals surface area contributed by atoms with Crippen molar-refractivity contribution in [2.45, 2.75) is 0 Å². The minimum atomic E-state index is -0.709. The second-order valence-corrected chi connectivity index (χ2v) is 7.45. The van der Waals surface area contributed by atoms with Gasteiger partial charge in [-0.3, -0.25) is 9.48 Å². The van der Waals surface area contributed by atoms with Crippen LogP contribution in [0.25, 0.3) is 11.4 Å². The number of para-hydroxylation sites is 2. The number of nitrogens with one attached hydrogen (secondary N) is 4. The standard InChI is InChI=1S/C24H24N10O2/c1-34-14-29-22(33-34)17-9-6-10-19(20(17)36-2)31-23-18(21(26)35)13-28-24(32-23)30-16(11-25)12-27-15-7-4-3-5-8-15/h3-14,25,27H,1-2H3,(H2,26,35)(H2,28,30,31,32)/b16-12+,25-11?. The minimum Gasteiger partial charge on any atom is -0.494 e. The summed E-state index contributed by atoms with van der Waals surface area (Å²) in [5.74, 6) is 0.529. The zero-order chi connectivity index (χ0) is 25.5. The molecule has 2 aromatic carbocycles. The van der Waals surface area contributed by atoms with Gasteiger partial charge in [0.25, 0.3) is 5.91 Å². The van der Waals surface area contributed by atoms with Gasteiger partial charge in [-0.2, -0.15) is 10.1 Å². The highest BCUT2D eigenvalue weighted by Crippen LogP contribution is 2.36. The average Bonchev–Trinajstić information content (AvgIpc) is 3.33. The third-order valence-electron chi connectivity index (χ3n) is 4.95. The predicted octanol–water partition coefficient (Wildman–Crippen LogP) is 3.14. The molecule has 12 nitrogen and oxygen atoms in total. The summed E-state index contributed by atoms with van der Waals surface area (Å²) >= 11 is 0. The molecule has 182 valence electrons. The highest BCUT2D eigenvalue weighted by Gasteiger charge is 2.18. The number of nitrogens with zero attached hydrogens (tertiary/aromatic N) is 5. The number of nitrogens with two attached hydrogens (primary N) is 1. The van der Waals surface area contributed by atoms with Crippen molar-refractivity contribution in [2.24, 2.45) is 12.8 Å². The van der Waals surface area contributed by atoms with E-state index in [0.717, 1.165) is 11.9 Å². The van der Waals surface area contributed by atoms with Crippen LogP contribution >= 0.6 is 0 Å². The van der Waals surface area contributed by atoms with Crippen LogP contribution in [-0.4, -0.2) is 44.0 Å². The molecule has 36 heavy (non-hydrogen) atoms. The van der Waals surface area contributed by atoms with E-state index in [1.165, 1.54) is 13.3 Å². The molecule has 12 heteroatoms. The topological polar surface area (TPSA) is 169 Å². The van der Waals surface area contributed by atoms with E-state index in [0.29, 0.717) is 28.5 Å². The molecule has 4 rings (SSSR count). The number of aromatic nitrogens is 5. The quantitative estimate of drug-likeness (QED) is 0.212. The van der Waals surface area contributed by atoms with Gasteiger partial charge in [0.2, 0.25) is 5.95 Å². The van der Waals surface area contributed by atoms with Gasteiger partial charge >= 0.3 is 0 Å². The maximum absolute atomic E-state index is 12.1. The van der Waals surface area contributed by atoms with Crippen molar-refractivity contribution in [1.82, 2.24) is 24.7 Å². The zero-order valence-corrected chi connectivity index (χ0v) is 19.6. The van der Waals surface area contributed by atoms with Gasteiger partial charge < -0.3 is 31.8 Å². The molecule has 1 amide bonds. The van der Waals surface area contributed by atoms with Crippen molar-refractivity contribution < 1.29 is 9.53 Å². The summed E-state index contributed by atoms with van der Waals surface area (Å²) in [6.45, 7) is 0. The molecular formula is C24H24N10O2. The number of hydrogen-bond donors (Lipinski definition) is 5. The van der Waals surface area contributed by atoms with Gasteiger partial charge in [-0.15, -0.1) is 0 Å². The van der Waals surface area contributed by atoms with E-state index in [1.807, 2.05) is 36.4 Å². The number of amides is 1. The first-order valence-corrected chi connectivity index (χ1v) is 10.7. The molecule has 0 bridgehead atoms. The fraction of sp³-hybridized carbons (Fsp3) is 0.0833. The average molecular weight is 485 g/mol. The lowest BCUT2D eigenvalue weighted by Gasteiger charge is -2.15. The van der Waals surface area contributed by atoms with Gasteiger partial charge in [-0.05, 0) is 24.3 Å². The van der Waals surface area contributed by atoms with Crippen molar-refractivity contribution >= 4 is 35.3 Å². The number of primary amides is 1. The van der Waals surface area contributed by atoms with E-state index < -0.39 is 5.91 Å². The van der Waals surface area contributed by atoms with Crippen molar-refractivity contribution in [3.8, 4) is 17.1 Å². The maximum Gasteiger partial charge on any atom is 0.254 e. The number of ether oxygens (including phenoxy) is 1. The van der Waals surface area contributed by atoms with E-state index in [4.69, 9.17) is 15.9 Å². The van der Waals surface area contributed by atoms with E-state index in [1.54, 1.807) is 36.4 Å². The van der Waals surface area contributed by atoms with Gasteiger partial charge in [-0.1, -0.05) is 24.3 Å². The molecule has 0 fully saturated rings. The normalized spacial score (nSPS) is 11.0. The fourth-order valence-corrected chi connectivity index (χ4v) is 3.28. The number of carbonyl (C=O) groups excluding carboxylic acids is 1. The number of carbonyl (C=O) groups is 1. The summed E-state index contributed by atoms with van der Waals surface area (Å²) < 4.78 is 7.21. The second-order valence-electron chi connectivity index (χ2n) is 7.45. The van der Waals surface area contributed by atoms with Crippen LogP contribution in [0, 0.1) is 5.41 Å². The lowest BCUT2D eigenvalue weighted by Crippen LogP contribution is -2.16. The summed E-state index contributed by atoms with van der Waals surface area (Å²) in [6.07, 6.45) is 5.61. The Morgan fingerprint density at radius 3 is 2.61 bits per heavy atom. The van der Waals surface area contributed by atoms with Crippen LogP contribution in [0.5, 0.6) is 5.75 Å². The molecule has 0 aliphatic heterocycles. The molecule has 0 atom stereocenters. The van der Waals surface area contributed by atoms with E-state index in [9.17, 15) is 4.79 Å². The molecule has 0 saturated carbocycles. The summed E-state index contributed by atoms with van der Waals surface area (Å²) in [6, 6.07) is 14.9. The van der Waals surface area contributed by atoms with Gasteiger partial charge in [-0.25, -0.2) is 9.97 Å². The highest BCUT2D eigenvalue weighted by atomic mass is 16.5. The molecule has 0 aliphatic carbocycles. The van der Waals surface area contributed by atoms with Crippen molar-refractivity contribution in [2.75, 3.05) is 23.1 Å². The van der Waals surface area contributed by atoms with Crippen LogP contribution < -0.4 is 26.4 Å². The Labute approximate surface area is 206 Å². The lowest BCUT2D eigenvalue weighted by atomic mass is 10.1. The molecule has 0 aliphatic rings. The smallest absolute Gasteiger partial charge is 0.254 e. The second kappa shape index (κ2) is 10.8. The van der Waals surface area contributed by atoms with Gasteiger partial charge in [0.15, 0.2) is 11.6 Å². The first-order valence-electron chi connectivity index (χ1n) is 10.7. The van der Waals surface area contributed by atoms with Crippen molar-refractivity contribution in [1.29, 1.82) is 5.41 Å². The Morgan fingerprint density at radius 2 is 1.94 bits per heavy atom. The first-order chi connectivity index (χ1) is 17.5. The summed E-state index contributed by atoms with van der Waals surface area (Å²) in [4.78, 5) is 24.9. The van der Waals surface area contributed by atoms with Crippen molar-refractivity contribution in [3.63, 3.8) is 0 Å². The van der Waals surface area contributed by atoms with E-state index in [2.05, 4.69) is 36.0 Å². The number of aryl methyl sites for hydroxylation is 1. The summed E-state index contributed by atoms with van der Waals surface area (Å²) in [5, 5.41) is 21.2.